The molecule has 2 heteroatoms. The summed E-state index contributed by atoms with van der Waals surface area (Å²) < 4.78 is 0. The van der Waals surface area contributed by atoms with Gasteiger partial charge < -0.3 is 0 Å². The zero-order chi connectivity index (χ0) is 22.3. The van der Waals surface area contributed by atoms with Crippen LogP contribution in [-0.2, 0) is 0 Å². The summed E-state index contributed by atoms with van der Waals surface area (Å²) in [6.07, 6.45) is 9.60. The second kappa shape index (κ2) is 10.4. The highest BCUT2D eigenvalue weighted by atomic mass is 31.1. The fourth-order valence-electron chi connectivity index (χ4n) is 4.23. The zero-order valence-electron chi connectivity index (χ0n) is 18.5. The number of rotatable bonds is 7. The summed E-state index contributed by atoms with van der Waals surface area (Å²) >= 11 is 0. The molecule has 33 heavy (non-hydrogen) atoms. The van der Waals surface area contributed by atoms with Crippen molar-refractivity contribution in [2.45, 2.75) is 12.5 Å². The first-order chi connectivity index (χ1) is 16.4. The van der Waals surface area contributed by atoms with Gasteiger partial charge in [-0.2, -0.15) is 0 Å². The fourth-order valence-corrected chi connectivity index (χ4v) is 6.65. The lowest BCUT2D eigenvalue weighted by molar-refractivity contribution is 0.833. The summed E-state index contributed by atoms with van der Waals surface area (Å²) in [5.41, 5.74) is 3.75. The monoisotopic (exact) mass is 443 g/mol. The summed E-state index contributed by atoms with van der Waals surface area (Å²) in [6.45, 7) is 0. The second-order valence-corrected chi connectivity index (χ2v) is 10.2. The molecule has 1 atom stereocenters. The van der Waals surface area contributed by atoms with Crippen molar-refractivity contribution < 1.29 is 0 Å². The minimum Gasteiger partial charge on any atom is -0.280 e. The van der Waals surface area contributed by atoms with Gasteiger partial charge >= 0.3 is 0 Å². The van der Waals surface area contributed by atoms with Crippen molar-refractivity contribution in [2.75, 3.05) is 0 Å². The molecule has 1 nitrogen and oxygen atoms in total. The van der Waals surface area contributed by atoms with E-state index < -0.39 is 7.92 Å². The molecule has 1 aliphatic carbocycles. The van der Waals surface area contributed by atoms with Gasteiger partial charge in [0, 0.05) is 11.8 Å². The molecule has 0 unspecified atom stereocenters. The highest BCUT2D eigenvalue weighted by Crippen LogP contribution is 2.34. The van der Waals surface area contributed by atoms with Gasteiger partial charge in [0.2, 0.25) is 0 Å². The predicted octanol–water partition coefficient (Wildman–Crippen LogP) is 6.49. The molecule has 0 heterocycles. The number of allylic oxidation sites excluding steroid dienone is 3. The van der Waals surface area contributed by atoms with Crippen molar-refractivity contribution in [1.82, 2.24) is 0 Å². The molecule has 0 amide bonds. The van der Waals surface area contributed by atoms with Crippen LogP contribution in [0.1, 0.15) is 23.6 Å². The van der Waals surface area contributed by atoms with Crippen LogP contribution in [0.3, 0.4) is 0 Å². The molecule has 0 N–H and O–H groups in total. The molecule has 0 spiro atoms. The van der Waals surface area contributed by atoms with Gasteiger partial charge in [0.05, 0.1) is 6.04 Å². The van der Waals surface area contributed by atoms with Gasteiger partial charge in [-0.25, -0.2) is 0 Å². The number of aliphatic imine (C=N–C) groups is 1. The number of nitrogens with zero attached hydrogens (tertiary/aromatic N) is 1. The predicted molar refractivity (Wildman–Crippen MR) is 144 cm³/mol. The Morgan fingerprint density at radius 2 is 1.24 bits per heavy atom. The van der Waals surface area contributed by atoms with E-state index in [0.29, 0.717) is 0 Å². The molecule has 160 valence electrons. The Morgan fingerprint density at radius 1 is 0.667 bits per heavy atom. The van der Waals surface area contributed by atoms with Crippen LogP contribution < -0.4 is 15.9 Å². The highest BCUT2D eigenvalue weighted by Gasteiger charge is 2.20. The van der Waals surface area contributed by atoms with Gasteiger partial charge in [-0.05, 0) is 41.4 Å². The molecule has 0 aromatic heterocycles. The molecule has 0 fully saturated rings. The molecule has 4 aromatic carbocycles. The van der Waals surface area contributed by atoms with Crippen LogP contribution in [0.25, 0.3) is 0 Å². The SMILES string of the molecule is C1=CCC([C@@H](N=Cc2ccccc2P(c2ccccc2)c2ccccc2)c2ccccc2)=C1. The molecule has 5 rings (SSSR count). The minimum atomic E-state index is -0.680. The van der Waals surface area contributed by atoms with E-state index in [0.717, 1.165) is 6.42 Å². The Kier molecular flexibility index (Phi) is 6.71. The first kappa shape index (κ1) is 21.3. The lowest BCUT2D eigenvalue weighted by Crippen LogP contribution is -2.23. The summed E-state index contributed by atoms with van der Waals surface area (Å²) in [5.74, 6) is 0. The maximum atomic E-state index is 5.15. The standard InChI is InChI=1S/C31H26NP/c1-4-14-25(15-5-1)31(26-16-10-11-17-26)32-24-27-18-12-13-23-30(27)33(28-19-6-2-7-20-28)29-21-8-3-9-22-29/h1-16,18-24,31H,17H2/t31-/m0/s1. The Hall–Kier alpha value is -3.54. The van der Waals surface area contributed by atoms with Gasteiger partial charge in [0.1, 0.15) is 0 Å². The van der Waals surface area contributed by atoms with E-state index in [1.54, 1.807) is 0 Å². The Labute approximate surface area is 197 Å². The van der Waals surface area contributed by atoms with Crippen LogP contribution in [-0.4, -0.2) is 6.21 Å². The Balaban J connectivity index is 1.57. The average molecular weight is 444 g/mol. The summed E-state index contributed by atoms with van der Waals surface area (Å²) in [4.78, 5) is 5.15. The quantitative estimate of drug-likeness (QED) is 0.229. The largest absolute Gasteiger partial charge is 0.280 e. The van der Waals surface area contributed by atoms with Gasteiger partial charge in [-0.15, -0.1) is 0 Å². The van der Waals surface area contributed by atoms with Crippen molar-refractivity contribution in [3.05, 3.63) is 150 Å². The van der Waals surface area contributed by atoms with Gasteiger partial charge in [0.15, 0.2) is 0 Å². The number of hydrogen-bond acceptors (Lipinski definition) is 1. The van der Waals surface area contributed by atoms with E-state index >= 15 is 0 Å². The Morgan fingerprint density at radius 3 is 1.85 bits per heavy atom. The molecule has 0 radical (unpaired) electrons. The molecular formula is C31H26NP. The van der Waals surface area contributed by atoms with E-state index in [4.69, 9.17) is 4.99 Å². The van der Waals surface area contributed by atoms with Gasteiger partial charge in [-0.3, -0.25) is 4.99 Å². The second-order valence-electron chi connectivity index (χ2n) is 8.03. The normalized spacial score (nSPS) is 14.0. The van der Waals surface area contributed by atoms with Crippen molar-refractivity contribution in [2.24, 2.45) is 4.99 Å². The van der Waals surface area contributed by atoms with Crippen LogP contribution in [0.4, 0.5) is 0 Å². The molecule has 0 saturated carbocycles. The summed E-state index contributed by atoms with van der Waals surface area (Å²) in [7, 11) is -0.680. The van der Waals surface area contributed by atoms with E-state index in [2.05, 4.69) is 140 Å². The Bertz CT molecular complexity index is 1230. The van der Waals surface area contributed by atoms with Gasteiger partial charge in [0.25, 0.3) is 0 Å². The van der Waals surface area contributed by atoms with E-state index in [-0.39, 0.29) is 6.04 Å². The van der Waals surface area contributed by atoms with Crippen molar-refractivity contribution >= 4 is 30.0 Å². The van der Waals surface area contributed by atoms with Crippen molar-refractivity contribution in [3.63, 3.8) is 0 Å². The lowest BCUT2D eigenvalue weighted by atomic mass is 9.98. The average Bonchev–Trinajstić information content (AvgIpc) is 3.42. The first-order valence-corrected chi connectivity index (χ1v) is 12.7. The smallest absolute Gasteiger partial charge is 0.0965 e. The third-order valence-electron chi connectivity index (χ3n) is 5.84. The highest BCUT2D eigenvalue weighted by molar-refractivity contribution is 7.80. The fraction of sp³-hybridized carbons (Fsp3) is 0.0645. The van der Waals surface area contributed by atoms with Crippen LogP contribution in [0.5, 0.6) is 0 Å². The minimum absolute atomic E-state index is 0.0361. The first-order valence-electron chi connectivity index (χ1n) is 11.3. The number of benzene rings is 4. The molecule has 0 bridgehead atoms. The van der Waals surface area contributed by atoms with Crippen molar-refractivity contribution in [3.8, 4) is 0 Å². The van der Waals surface area contributed by atoms with Crippen LogP contribution in [0, 0.1) is 0 Å². The molecule has 1 aliphatic rings. The third-order valence-corrected chi connectivity index (χ3v) is 8.35. The molecule has 4 aromatic rings. The van der Waals surface area contributed by atoms with E-state index in [1.165, 1.54) is 32.6 Å². The van der Waals surface area contributed by atoms with Gasteiger partial charge in [-0.1, -0.05) is 133 Å². The van der Waals surface area contributed by atoms with Crippen LogP contribution in [0.2, 0.25) is 0 Å². The van der Waals surface area contributed by atoms with Crippen LogP contribution in [0.15, 0.2) is 144 Å². The van der Waals surface area contributed by atoms with E-state index in [1.807, 2.05) is 0 Å². The molecular weight excluding hydrogens is 417 g/mol. The maximum Gasteiger partial charge on any atom is 0.0965 e. The summed E-state index contributed by atoms with van der Waals surface area (Å²) in [6, 6.07) is 41.0. The number of hydrogen-bond donors (Lipinski definition) is 0. The van der Waals surface area contributed by atoms with E-state index in [9.17, 15) is 0 Å². The van der Waals surface area contributed by atoms with Crippen molar-refractivity contribution in [1.29, 1.82) is 0 Å². The van der Waals surface area contributed by atoms with Crippen LogP contribution >= 0.6 is 7.92 Å². The zero-order valence-corrected chi connectivity index (χ0v) is 19.4. The lowest BCUT2D eigenvalue weighted by Gasteiger charge is -2.21. The topological polar surface area (TPSA) is 12.4 Å². The molecule has 0 aliphatic heterocycles. The summed E-state index contributed by atoms with van der Waals surface area (Å²) in [5, 5.41) is 4.03. The molecule has 0 saturated heterocycles. The third kappa shape index (κ3) is 4.95. The maximum absolute atomic E-state index is 5.15.